The van der Waals surface area contributed by atoms with Gasteiger partial charge in [0.05, 0.1) is 18.2 Å². The molecule has 2 aromatic heterocycles. The predicted octanol–water partition coefficient (Wildman–Crippen LogP) is 3.92. The van der Waals surface area contributed by atoms with Gasteiger partial charge in [-0.3, -0.25) is 4.98 Å². The van der Waals surface area contributed by atoms with Crippen LogP contribution < -0.4 is 5.32 Å². The van der Waals surface area contributed by atoms with Gasteiger partial charge in [0, 0.05) is 25.1 Å². The maximum atomic E-state index is 8.74. The van der Waals surface area contributed by atoms with Gasteiger partial charge >= 0.3 is 0 Å². The minimum Gasteiger partial charge on any atom is -0.354 e. The van der Waals surface area contributed by atoms with E-state index in [0.717, 1.165) is 23.7 Å². The van der Waals surface area contributed by atoms with Crippen molar-refractivity contribution >= 4 is 5.95 Å². The molecule has 1 fully saturated rings. The minimum absolute atomic E-state index is 0.354. The number of hydrogen-bond donors (Lipinski definition) is 1. The van der Waals surface area contributed by atoms with Crippen LogP contribution in [0.4, 0.5) is 5.95 Å². The second kappa shape index (κ2) is 10.3. The van der Waals surface area contributed by atoms with E-state index in [9.17, 15) is 0 Å². The number of anilines is 1. The Hall–Kier alpha value is -2.48. The summed E-state index contributed by atoms with van der Waals surface area (Å²) in [4.78, 5) is 12.5. The molecule has 3 rings (SSSR count). The van der Waals surface area contributed by atoms with Crippen molar-refractivity contribution < 1.29 is 0 Å². The van der Waals surface area contributed by atoms with Crippen molar-refractivity contribution in [3.05, 3.63) is 48.0 Å². The number of nitriles is 1. The van der Waals surface area contributed by atoms with Crippen LogP contribution in [-0.2, 0) is 6.42 Å². The van der Waals surface area contributed by atoms with Crippen molar-refractivity contribution in [3.63, 3.8) is 0 Å². The Labute approximate surface area is 144 Å². The van der Waals surface area contributed by atoms with Gasteiger partial charge in [-0.15, -0.1) is 0 Å². The van der Waals surface area contributed by atoms with Crippen LogP contribution >= 0.6 is 0 Å². The number of nitrogens with zero attached hydrogens (tertiary/aromatic N) is 4. The van der Waals surface area contributed by atoms with E-state index < -0.39 is 0 Å². The monoisotopic (exact) mass is 323 g/mol. The Morgan fingerprint density at radius 3 is 2.50 bits per heavy atom. The summed E-state index contributed by atoms with van der Waals surface area (Å²) in [5.74, 6) is 1.42. The molecule has 1 aliphatic rings. The van der Waals surface area contributed by atoms with Crippen LogP contribution in [0.2, 0.25) is 0 Å². The summed E-state index contributed by atoms with van der Waals surface area (Å²) in [6.07, 6.45) is 12.3. The fourth-order valence-electron chi connectivity index (χ4n) is 2.76. The average Bonchev–Trinajstić information content (AvgIpc) is 2.65. The fraction of sp³-hybridized carbons (Fsp3) is 0.474. The minimum atomic E-state index is 0.354. The van der Waals surface area contributed by atoms with Crippen molar-refractivity contribution in [1.82, 2.24) is 15.0 Å². The van der Waals surface area contributed by atoms with Crippen LogP contribution in [0.3, 0.4) is 0 Å². The SMILES string of the molecule is Cc1cnc(NCC2CCCCC2)nc1CC#N.c1ccncc1. The molecule has 0 aliphatic heterocycles. The smallest absolute Gasteiger partial charge is 0.222 e. The van der Waals surface area contributed by atoms with Gasteiger partial charge in [0.1, 0.15) is 0 Å². The van der Waals surface area contributed by atoms with Crippen LogP contribution in [0.25, 0.3) is 0 Å². The molecule has 24 heavy (non-hydrogen) atoms. The standard InChI is InChI=1S/C14H20N4.C5H5N/c1-11-9-16-14(18-13(11)7-8-15)17-10-12-5-3-2-4-6-12;1-2-4-6-5-3-1/h9,12H,2-7,10H2,1H3,(H,16,17,18);1-5H. The summed E-state index contributed by atoms with van der Waals surface area (Å²) < 4.78 is 0. The van der Waals surface area contributed by atoms with Gasteiger partial charge in [-0.05, 0) is 43.4 Å². The third-order valence-corrected chi connectivity index (χ3v) is 4.16. The zero-order valence-corrected chi connectivity index (χ0v) is 14.3. The van der Waals surface area contributed by atoms with Crippen molar-refractivity contribution in [2.45, 2.75) is 45.4 Å². The van der Waals surface area contributed by atoms with Gasteiger partial charge in [0.2, 0.25) is 5.95 Å². The van der Waals surface area contributed by atoms with Crippen molar-refractivity contribution in [2.75, 3.05) is 11.9 Å². The molecule has 1 aliphatic carbocycles. The molecule has 126 valence electrons. The number of hydrogen-bond acceptors (Lipinski definition) is 5. The maximum Gasteiger partial charge on any atom is 0.222 e. The molecule has 0 bridgehead atoms. The molecule has 2 heterocycles. The molecule has 5 nitrogen and oxygen atoms in total. The molecular formula is C19H25N5. The zero-order chi connectivity index (χ0) is 17.0. The second-order valence-electron chi connectivity index (χ2n) is 6.07. The first-order chi connectivity index (χ1) is 11.8. The van der Waals surface area contributed by atoms with E-state index in [2.05, 4.69) is 26.3 Å². The lowest BCUT2D eigenvalue weighted by Crippen LogP contribution is -2.18. The Bertz CT molecular complexity index is 603. The Kier molecular flexibility index (Phi) is 7.69. The lowest BCUT2D eigenvalue weighted by molar-refractivity contribution is 0.373. The summed E-state index contributed by atoms with van der Waals surface area (Å²) in [6, 6.07) is 7.85. The lowest BCUT2D eigenvalue weighted by Gasteiger charge is -2.21. The van der Waals surface area contributed by atoms with Crippen molar-refractivity contribution in [2.24, 2.45) is 5.92 Å². The molecule has 0 unspecified atom stereocenters. The van der Waals surface area contributed by atoms with E-state index in [-0.39, 0.29) is 0 Å². The molecule has 2 aromatic rings. The molecule has 0 saturated heterocycles. The third kappa shape index (κ3) is 6.33. The van der Waals surface area contributed by atoms with Crippen molar-refractivity contribution in [3.8, 4) is 6.07 Å². The van der Waals surface area contributed by atoms with Crippen LogP contribution in [-0.4, -0.2) is 21.5 Å². The molecular weight excluding hydrogens is 298 g/mol. The summed E-state index contributed by atoms with van der Waals surface area (Å²) in [7, 11) is 0. The van der Waals surface area contributed by atoms with E-state index in [0.29, 0.717) is 12.4 Å². The summed E-state index contributed by atoms with van der Waals surface area (Å²) in [5, 5.41) is 12.0. The topological polar surface area (TPSA) is 74.5 Å². The lowest BCUT2D eigenvalue weighted by atomic mass is 9.89. The highest BCUT2D eigenvalue weighted by Gasteiger charge is 2.13. The Balaban J connectivity index is 0.000000292. The summed E-state index contributed by atoms with van der Waals surface area (Å²) in [6.45, 7) is 2.90. The van der Waals surface area contributed by atoms with Crippen LogP contribution in [0.15, 0.2) is 36.8 Å². The highest BCUT2D eigenvalue weighted by atomic mass is 15.1. The molecule has 0 aromatic carbocycles. The zero-order valence-electron chi connectivity index (χ0n) is 14.3. The average molecular weight is 323 g/mol. The predicted molar refractivity (Wildman–Crippen MR) is 95.4 cm³/mol. The number of pyridine rings is 1. The summed E-state index contributed by atoms with van der Waals surface area (Å²) >= 11 is 0. The van der Waals surface area contributed by atoms with Gasteiger partial charge in [0.15, 0.2) is 0 Å². The van der Waals surface area contributed by atoms with E-state index in [1.807, 2.05) is 25.1 Å². The van der Waals surface area contributed by atoms with Crippen LogP contribution in [0.1, 0.15) is 43.4 Å². The van der Waals surface area contributed by atoms with Crippen molar-refractivity contribution in [1.29, 1.82) is 5.26 Å². The highest BCUT2D eigenvalue weighted by Crippen LogP contribution is 2.23. The molecule has 5 heteroatoms. The third-order valence-electron chi connectivity index (χ3n) is 4.16. The van der Waals surface area contributed by atoms with Gasteiger partial charge in [-0.1, -0.05) is 25.3 Å². The van der Waals surface area contributed by atoms with Crippen LogP contribution in [0, 0.1) is 24.2 Å². The molecule has 0 amide bonds. The molecule has 1 saturated carbocycles. The first-order valence-electron chi connectivity index (χ1n) is 8.58. The van der Waals surface area contributed by atoms with Gasteiger partial charge < -0.3 is 5.32 Å². The number of rotatable bonds is 4. The van der Waals surface area contributed by atoms with E-state index in [1.165, 1.54) is 32.1 Å². The molecule has 0 spiro atoms. The number of nitrogens with one attached hydrogen (secondary N) is 1. The molecule has 0 atom stereocenters. The Morgan fingerprint density at radius 1 is 1.17 bits per heavy atom. The maximum absolute atomic E-state index is 8.74. The first-order valence-corrected chi connectivity index (χ1v) is 8.58. The normalized spacial score (nSPS) is 14.2. The largest absolute Gasteiger partial charge is 0.354 e. The van der Waals surface area contributed by atoms with E-state index in [4.69, 9.17) is 5.26 Å². The second-order valence-corrected chi connectivity index (χ2v) is 6.07. The molecule has 1 N–H and O–H groups in total. The summed E-state index contributed by atoms with van der Waals surface area (Å²) in [5.41, 5.74) is 1.82. The van der Waals surface area contributed by atoms with Gasteiger partial charge in [-0.25, -0.2) is 9.97 Å². The highest BCUT2D eigenvalue weighted by molar-refractivity contribution is 5.30. The first kappa shape index (κ1) is 17.9. The van der Waals surface area contributed by atoms with Crippen LogP contribution in [0.5, 0.6) is 0 Å². The number of aryl methyl sites for hydroxylation is 1. The molecule has 0 radical (unpaired) electrons. The van der Waals surface area contributed by atoms with Gasteiger partial charge in [0.25, 0.3) is 0 Å². The quantitative estimate of drug-likeness (QED) is 0.923. The van der Waals surface area contributed by atoms with E-state index in [1.54, 1.807) is 18.6 Å². The van der Waals surface area contributed by atoms with E-state index >= 15 is 0 Å². The fourth-order valence-corrected chi connectivity index (χ4v) is 2.76. The number of aromatic nitrogens is 3. The van der Waals surface area contributed by atoms with Gasteiger partial charge in [-0.2, -0.15) is 5.26 Å². The Morgan fingerprint density at radius 2 is 1.92 bits per heavy atom.